The second kappa shape index (κ2) is 4.42. The van der Waals surface area contributed by atoms with Crippen molar-refractivity contribution in [3.8, 4) is 5.69 Å². The molecule has 0 aliphatic heterocycles. The minimum atomic E-state index is -4.64. The van der Waals surface area contributed by atoms with Crippen LogP contribution in [0.3, 0.4) is 0 Å². The lowest BCUT2D eigenvalue weighted by atomic mass is 10.1. The first-order chi connectivity index (χ1) is 8.80. The summed E-state index contributed by atoms with van der Waals surface area (Å²) in [4.78, 5) is 15.0. The van der Waals surface area contributed by atoms with Gasteiger partial charge in [0.2, 0.25) is 5.91 Å². The summed E-state index contributed by atoms with van der Waals surface area (Å²) in [6, 6.07) is 3.35. The van der Waals surface area contributed by atoms with Crippen LogP contribution >= 0.6 is 0 Å². The molecule has 0 aliphatic rings. The lowest BCUT2D eigenvalue weighted by molar-refractivity contribution is -0.137. The summed E-state index contributed by atoms with van der Waals surface area (Å²) >= 11 is 0. The van der Waals surface area contributed by atoms with Gasteiger partial charge in [0.15, 0.2) is 0 Å². The molecule has 1 amide bonds. The molecule has 1 aromatic carbocycles. The van der Waals surface area contributed by atoms with Gasteiger partial charge < -0.3 is 10.3 Å². The van der Waals surface area contributed by atoms with Gasteiger partial charge in [0.1, 0.15) is 5.82 Å². The van der Waals surface area contributed by atoms with Crippen molar-refractivity contribution in [3.05, 3.63) is 47.5 Å². The predicted octanol–water partition coefficient (Wildman–Crippen LogP) is 2.30. The Hall–Kier alpha value is -2.31. The maximum absolute atomic E-state index is 12.9. The SMILES string of the molecule is Cc1nccn1-c1ccc(C(N)=O)c(C(F)(F)F)c1. The van der Waals surface area contributed by atoms with E-state index in [4.69, 9.17) is 5.73 Å². The molecule has 0 saturated heterocycles. The fraction of sp³-hybridized carbons (Fsp3) is 0.167. The molecule has 1 aromatic heterocycles. The first-order valence-electron chi connectivity index (χ1n) is 5.32. The number of nitrogens with zero attached hydrogens (tertiary/aromatic N) is 2. The number of halogens is 3. The van der Waals surface area contributed by atoms with E-state index in [0.29, 0.717) is 5.82 Å². The smallest absolute Gasteiger partial charge is 0.366 e. The Labute approximate surface area is 106 Å². The summed E-state index contributed by atoms with van der Waals surface area (Å²) in [6.45, 7) is 1.66. The molecule has 0 fully saturated rings. The van der Waals surface area contributed by atoms with E-state index in [1.807, 2.05) is 0 Å². The van der Waals surface area contributed by atoms with Crippen molar-refractivity contribution in [1.82, 2.24) is 9.55 Å². The number of hydrogen-bond donors (Lipinski definition) is 1. The molecule has 2 N–H and O–H groups in total. The fourth-order valence-electron chi connectivity index (χ4n) is 1.78. The third-order valence-corrected chi connectivity index (χ3v) is 2.68. The molecular weight excluding hydrogens is 259 g/mol. The third kappa shape index (κ3) is 2.44. The number of amides is 1. The number of rotatable bonds is 2. The van der Waals surface area contributed by atoms with Crippen molar-refractivity contribution in [2.75, 3.05) is 0 Å². The van der Waals surface area contributed by atoms with Gasteiger partial charge in [-0.05, 0) is 25.1 Å². The first-order valence-corrected chi connectivity index (χ1v) is 5.32. The summed E-state index contributed by atoms with van der Waals surface area (Å²) in [6.07, 6.45) is -1.63. The zero-order chi connectivity index (χ0) is 14.2. The van der Waals surface area contributed by atoms with Crippen LogP contribution in [-0.2, 0) is 6.18 Å². The van der Waals surface area contributed by atoms with Crippen molar-refractivity contribution in [1.29, 1.82) is 0 Å². The zero-order valence-corrected chi connectivity index (χ0v) is 9.90. The van der Waals surface area contributed by atoms with Crippen LogP contribution < -0.4 is 5.73 Å². The molecule has 0 bridgehead atoms. The first kappa shape index (κ1) is 13.1. The molecular formula is C12H10F3N3O. The molecule has 1 heterocycles. The van der Waals surface area contributed by atoms with E-state index in [2.05, 4.69) is 4.98 Å². The second-order valence-corrected chi connectivity index (χ2v) is 3.94. The summed E-state index contributed by atoms with van der Waals surface area (Å²) in [5, 5.41) is 0. The fourth-order valence-corrected chi connectivity index (χ4v) is 1.78. The highest BCUT2D eigenvalue weighted by atomic mass is 19.4. The Balaban J connectivity index is 2.63. The Bertz CT molecular complexity index is 631. The third-order valence-electron chi connectivity index (χ3n) is 2.68. The molecule has 4 nitrogen and oxygen atoms in total. The number of primary amides is 1. The largest absolute Gasteiger partial charge is 0.417 e. The Morgan fingerprint density at radius 2 is 2.05 bits per heavy atom. The van der Waals surface area contributed by atoms with E-state index in [-0.39, 0.29) is 5.69 Å². The van der Waals surface area contributed by atoms with Crippen molar-refractivity contribution in [3.63, 3.8) is 0 Å². The number of imidazole rings is 1. The average Bonchev–Trinajstić information content (AvgIpc) is 2.73. The van der Waals surface area contributed by atoms with Crippen LogP contribution in [0.1, 0.15) is 21.7 Å². The maximum atomic E-state index is 12.9. The van der Waals surface area contributed by atoms with Crippen LogP contribution in [0.5, 0.6) is 0 Å². The molecule has 2 rings (SSSR count). The number of carbonyl (C=O) groups is 1. The molecule has 0 spiro atoms. The molecule has 0 unspecified atom stereocenters. The van der Waals surface area contributed by atoms with Crippen LogP contribution in [0.2, 0.25) is 0 Å². The van der Waals surface area contributed by atoms with Crippen LogP contribution in [0.25, 0.3) is 5.69 Å². The molecule has 100 valence electrons. The lowest BCUT2D eigenvalue weighted by Gasteiger charge is -2.13. The van der Waals surface area contributed by atoms with E-state index in [1.165, 1.54) is 23.0 Å². The van der Waals surface area contributed by atoms with Gasteiger partial charge in [-0.25, -0.2) is 4.98 Å². The number of alkyl halides is 3. The van der Waals surface area contributed by atoms with Crippen LogP contribution in [0.4, 0.5) is 13.2 Å². The van der Waals surface area contributed by atoms with Gasteiger partial charge in [-0.3, -0.25) is 4.79 Å². The molecule has 0 saturated carbocycles. The van der Waals surface area contributed by atoms with Crippen molar-refractivity contribution in [2.24, 2.45) is 5.73 Å². The van der Waals surface area contributed by atoms with Gasteiger partial charge in [0.05, 0.1) is 11.1 Å². The zero-order valence-electron chi connectivity index (χ0n) is 9.90. The van der Waals surface area contributed by atoms with E-state index >= 15 is 0 Å². The van der Waals surface area contributed by atoms with Gasteiger partial charge in [0.25, 0.3) is 0 Å². The minimum absolute atomic E-state index is 0.271. The predicted molar refractivity (Wildman–Crippen MR) is 61.8 cm³/mol. The van der Waals surface area contributed by atoms with Crippen molar-refractivity contribution >= 4 is 5.91 Å². The number of nitrogens with two attached hydrogens (primary N) is 1. The van der Waals surface area contributed by atoms with Crippen LogP contribution in [0.15, 0.2) is 30.6 Å². The monoisotopic (exact) mass is 269 g/mol. The standard InChI is InChI=1S/C12H10F3N3O/c1-7-17-4-5-18(7)8-2-3-9(11(16)19)10(6-8)12(13,14)15/h2-6H,1H3,(H2,16,19). The molecule has 0 radical (unpaired) electrons. The molecule has 0 aliphatic carbocycles. The molecule has 0 atom stereocenters. The maximum Gasteiger partial charge on any atom is 0.417 e. The van der Waals surface area contributed by atoms with Crippen molar-refractivity contribution in [2.45, 2.75) is 13.1 Å². The summed E-state index contributed by atoms with van der Waals surface area (Å²) in [5.74, 6) is -0.568. The van der Waals surface area contributed by atoms with Gasteiger partial charge in [-0.1, -0.05) is 0 Å². The Morgan fingerprint density at radius 3 is 2.53 bits per heavy atom. The number of carbonyl (C=O) groups excluding carboxylic acids is 1. The average molecular weight is 269 g/mol. The van der Waals surface area contributed by atoms with Gasteiger partial charge in [-0.15, -0.1) is 0 Å². The van der Waals surface area contributed by atoms with Gasteiger partial charge in [-0.2, -0.15) is 13.2 Å². The van der Waals surface area contributed by atoms with Gasteiger partial charge >= 0.3 is 6.18 Å². The van der Waals surface area contributed by atoms with E-state index in [0.717, 1.165) is 12.1 Å². The second-order valence-electron chi connectivity index (χ2n) is 3.94. The highest BCUT2D eigenvalue weighted by Gasteiger charge is 2.35. The highest BCUT2D eigenvalue weighted by Crippen LogP contribution is 2.33. The number of aryl methyl sites for hydroxylation is 1. The highest BCUT2D eigenvalue weighted by molar-refractivity contribution is 5.94. The molecule has 2 aromatic rings. The van der Waals surface area contributed by atoms with Crippen LogP contribution in [0, 0.1) is 6.92 Å². The summed E-state index contributed by atoms with van der Waals surface area (Å²) < 4.78 is 40.2. The number of hydrogen-bond acceptors (Lipinski definition) is 2. The minimum Gasteiger partial charge on any atom is -0.366 e. The van der Waals surface area contributed by atoms with E-state index in [1.54, 1.807) is 6.92 Å². The van der Waals surface area contributed by atoms with Crippen LogP contribution in [-0.4, -0.2) is 15.5 Å². The molecule has 19 heavy (non-hydrogen) atoms. The topological polar surface area (TPSA) is 60.9 Å². The Morgan fingerprint density at radius 1 is 1.37 bits per heavy atom. The number of aromatic nitrogens is 2. The van der Waals surface area contributed by atoms with E-state index in [9.17, 15) is 18.0 Å². The molecule has 7 heteroatoms. The number of benzene rings is 1. The van der Waals surface area contributed by atoms with Crippen molar-refractivity contribution < 1.29 is 18.0 Å². The quantitative estimate of drug-likeness (QED) is 0.909. The normalized spacial score (nSPS) is 11.6. The summed E-state index contributed by atoms with van der Waals surface area (Å²) in [7, 11) is 0. The van der Waals surface area contributed by atoms with Gasteiger partial charge in [0, 0.05) is 18.1 Å². The van der Waals surface area contributed by atoms with E-state index < -0.39 is 23.2 Å². The summed E-state index contributed by atoms with van der Waals surface area (Å²) in [5.41, 5.74) is 3.62. The Kier molecular flexibility index (Phi) is 3.05. The lowest BCUT2D eigenvalue weighted by Crippen LogP contribution is -2.19.